The van der Waals surface area contributed by atoms with E-state index in [1.54, 1.807) is 12.1 Å². The zero-order chi connectivity index (χ0) is 15.7. The van der Waals surface area contributed by atoms with Gasteiger partial charge in [-0.25, -0.2) is 13.8 Å². The average molecular weight is 416 g/mol. The van der Waals surface area contributed by atoms with Crippen molar-refractivity contribution in [2.75, 3.05) is 5.32 Å². The third-order valence-electron chi connectivity index (χ3n) is 2.77. The van der Waals surface area contributed by atoms with Crippen LogP contribution in [0.3, 0.4) is 0 Å². The van der Waals surface area contributed by atoms with Crippen LogP contribution in [0.5, 0.6) is 0 Å². The molecular weight excluding hydrogens is 409 g/mol. The van der Waals surface area contributed by atoms with Crippen molar-refractivity contribution in [3.8, 4) is 11.5 Å². The molecule has 0 radical (unpaired) electrons. The number of furan rings is 1. The third kappa shape index (κ3) is 2.73. The Labute approximate surface area is 136 Å². The molecule has 0 aliphatic heterocycles. The fourth-order valence-corrected chi connectivity index (χ4v) is 2.12. The monoisotopic (exact) mass is 416 g/mol. The van der Waals surface area contributed by atoms with Crippen LogP contribution < -0.4 is 5.32 Å². The normalized spacial score (nSPS) is 10.7. The van der Waals surface area contributed by atoms with Gasteiger partial charge < -0.3 is 14.2 Å². The zero-order valence-electron chi connectivity index (χ0n) is 10.8. The molecule has 1 aromatic carbocycles. The molecule has 0 saturated carbocycles. The minimum absolute atomic E-state index is 0.0196. The van der Waals surface area contributed by atoms with Gasteiger partial charge in [-0.1, -0.05) is 0 Å². The van der Waals surface area contributed by atoms with Crippen molar-refractivity contribution in [3.63, 3.8) is 0 Å². The first-order valence-electron chi connectivity index (χ1n) is 5.99. The first kappa shape index (κ1) is 14.7. The molecule has 0 aliphatic rings. The molecule has 0 saturated heterocycles. The average Bonchev–Trinajstić information content (AvgIpc) is 3.14. The molecule has 1 N–H and O–H groups in total. The molecule has 22 heavy (non-hydrogen) atoms. The number of rotatable bonds is 3. The van der Waals surface area contributed by atoms with Crippen molar-refractivity contribution in [3.05, 3.63) is 57.8 Å². The van der Waals surface area contributed by atoms with Crippen LogP contribution in [-0.4, -0.2) is 10.9 Å². The van der Waals surface area contributed by atoms with Gasteiger partial charge in [0.15, 0.2) is 17.8 Å². The van der Waals surface area contributed by atoms with E-state index in [2.05, 4.69) is 10.3 Å². The van der Waals surface area contributed by atoms with Gasteiger partial charge in [0, 0.05) is 5.69 Å². The Morgan fingerprint density at radius 3 is 2.59 bits per heavy atom. The van der Waals surface area contributed by atoms with Crippen molar-refractivity contribution < 1.29 is 22.4 Å². The Morgan fingerprint density at radius 2 is 1.95 bits per heavy atom. The number of nitrogens with one attached hydrogen (secondary N) is 1. The summed E-state index contributed by atoms with van der Waals surface area (Å²) in [5.74, 6) is -1.73. The number of carbonyl (C=O) groups is 1. The van der Waals surface area contributed by atoms with Crippen molar-refractivity contribution in [1.29, 1.82) is 0 Å². The zero-order valence-corrected chi connectivity index (χ0v) is 12.9. The van der Waals surface area contributed by atoms with Gasteiger partial charge in [-0.15, -0.1) is 0 Å². The first-order chi connectivity index (χ1) is 10.6. The summed E-state index contributed by atoms with van der Waals surface area (Å²) in [6.45, 7) is 0. The molecular formula is C14H7F2IN2O3. The van der Waals surface area contributed by atoms with Crippen LogP contribution in [0.1, 0.15) is 10.5 Å². The summed E-state index contributed by atoms with van der Waals surface area (Å²) in [7, 11) is 0. The molecule has 0 unspecified atom stereocenters. The number of aromatic nitrogens is 1. The van der Waals surface area contributed by atoms with Crippen LogP contribution in [0.4, 0.5) is 14.5 Å². The molecule has 112 valence electrons. The number of anilines is 1. The molecule has 3 aromatic rings. The van der Waals surface area contributed by atoms with Crippen LogP contribution in [0.25, 0.3) is 11.5 Å². The minimum Gasteiger partial charge on any atom is -0.461 e. The second kappa shape index (κ2) is 5.87. The van der Waals surface area contributed by atoms with Gasteiger partial charge >= 0.3 is 0 Å². The molecule has 0 aliphatic carbocycles. The maximum atomic E-state index is 13.5. The highest BCUT2D eigenvalue weighted by Gasteiger charge is 2.21. The van der Waals surface area contributed by atoms with E-state index < -0.39 is 17.5 Å². The molecule has 2 aromatic heterocycles. The van der Waals surface area contributed by atoms with Gasteiger partial charge in [-0.2, -0.15) is 0 Å². The van der Waals surface area contributed by atoms with Crippen LogP contribution >= 0.6 is 22.6 Å². The standard InChI is InChI=1S/C14H7F2IN2O3/c15-8-4-7(5-9(16)11(8)17)19-14(20)12-13(22-6-18-12)10-2-1-3-21-10/h1-6H,(H,19,20). The van der Waals surface area contributed by atoms with Crippen molar-refractivity contribution in [1.82, 2.24) is 4.98 Å². The summed E-state index contributed by atoms with van der Waals surface area (Å²) in [5.41, 5.74) is -0.0665. The van der Waals surface area contributed by atoms with E-state index in [0.717, 1.165) is 18.5 Å². The number of amides is 1. The largest absolute Gasteiger partial charge is 0.461 e. The lowest BCUT2D eigenvalue weighted by Gasteiger charge is -2.06. The fraction of sp³-hybridized carbons (Fsp3) is 0. The highest BCUT2D eigenvalue weighted by molar-refractivity contribution is 14.1. The Bertz CT molecular complexity index is 807. The summed E-state index contributed by atoms with van der Waals surface area (Å²) in [6, 6.07) is 5.27. The summed E-state index contributed by atoms with van der Waals surface area (Å²) in [6.07, 6.45) is 2.51. The summed E-state index contributed by atoms with van der Waals surface area (Å²) < 4.78 is 37.1. The van der Waals surface area contributed by atoms with E-state index in [4.69, 9.17) is 8.83 Å². The van der Waals surface area contributed by atoms with Gasteiger partial charge in [0.25, 0.3) is 5.91 Å². The Hall–Kier alpha value is -2.23. The third-order valence-corrected chi connectivity index (χ3v) is 3.80. The van der Waals surface area contributed by atoms with Crippen molar-refractivity contribution in [2.24, 2.45) is 0 Å². The van der Waals surface area contributed by atoms with E-state index in [-0.39, 0.29) is 20.7 Å². The first-order valence-corrected chi connectivity index (χ1v) is 7.07. The van der Waals surface area contributed by atoms with E-state index in [9.17, 15) is 13.6 Å². The highest BCUT2D eigenvalue weighted by atomic mass is 127. The van der Waals surface area contributed by atoms with E-state index in [1.165, 1.54) is 28.9 Å². The van der Waals surface area contributed by atoms with E-state index >= 15 is 0 Å². The number of benzene rings is 1. The number of oxazole rings is 1. The van der Waals surface area contributed by atoms with Gasteiger partial charge in [0.2, 0.25) is 5.76 Å². The molecule has 1 amide bonds. The lowest BCUT2D eigenvalue weighted by molar-refractivity contribution is 0.102. The second-order valence-electron chi connectivity index (χ2n) is 4.22. The summed E-state index contributed by atoms with van der Waals surface area (Å²) >= 11 is 1.54. The van der Waals surface area contributed by atoms with Gasteiger partial charge in [-0.05, 0) is 46.9 Å². The second-order valence-corrected chi connectivity index (χ2v) is 5.29. The number of hydrogen-bond acceptors (Lipinski definition) is 4. The maximum Gasteiger partial charge on any atom is 0.278 e. The Balaban J connectivity index is 1.89. The molecule has 3 rings (SSSR count). The van der Waals surface area contributed by atoms with E-state index in [0.29, 0.717) is 5.76 Å². The molecule has 2 heterocycles. The molecule has 0 spiro atoms. The fourth-order valence-electron chi connectivity index (χ4n) is 1.81. The van der Waals surface area contributed by atoms with Gasteiger partial charge in [0.1, 0.15) is 11.6 Å². The summed E-state index contributed by atoms with van der Waals surface area (Å²) in [5, 5.41) is 2.37. The van der Waals surface area contributed by atoms with Crippen LogP contribution in [0.15, 0.2) is 45.8 Å². The Kier molecular flexibility index (Phi) is 3.92. The van der Waals surface area contributed by atoms with E-state index in [1.807, 2.05) is 0 Å². The number of nitrogens with zero attached hydrogens (tertiary/aromatic N) is 1. The van der Waals surface area contributed by atoms with Crippen molar-refractivity contribution >= 4 is 34.2 Å². The van der Waals surface area contributed by atoms with Gasteiger partial charge in [0.05, 0.1) is 9.83 Å². The molecule has 0 atom stereocenters. The topological polar surface area (TPSA) is 68.3 Å². The van der Waals surface area contributed by atoms with Crippen LogP contribution in [0, 0.1) is 15.2 Å². The van der Waals surface area contributed by atoms with Crippen molar-refractivity contribution in [2.45, 2.75) is 0 Å². The molecule has 8 heteroatoms. The quantitative estimate of drug-likeness (QED) is 0.517. The molecule has 0 bridgehead atoms. The minimum atomic E-state index is -0.762. The highest BCUT2D eigenvalue weighted by Crippen LogP contribution is 2.25. The maximum absolute atomic E-state index is 13.5. The molecule has 5 nitrogen and oxygen atoms in total. The number of hydrogen-bond donors (Lipinski definition) is 1. The number of carbonyl (C=O) groups excluding carboxylic acids is 1. The SMILES string of the molecule is O=C(Nc1cc(F)c(I)c(F)c1)c1ncoc1-c1ccco1. The van der Waals surface area contributed by atoms with Gasteiger partial charge in [-0.3, -0.25) is 4.79 Å². The predicted octanol–water partition coefficient (Wildman–Crippen LogP) is 4.07. The smallest absolute Gasteiger partial charge is 0.278 e. The lowest BCUT2D eigenvalue weighted by atomic mass is 10.2. The number of halogens is 3. The predicted molar refractivity (Wildman–Crippen MR) is 81.2 cm³/mol. The lowest BCUT2D eigenvalue weighted by Crippen LogP contribution is -2.14. The van der Waals surface area contributed by atoms with Crippen LogP contribution in [-0.2, 0) is 0 Å². The molecule has 0 fully saturated rings. The van der Waals surface area contributed by atoms with Crippen LogP contribution in [0.2, 0.25) is 0 Å². The summed E-state index contributed by atoms with van der Waals surface area (Å²) in [4.78, 5) is 16.0. The Morgan fingerprint density at radius 1 is 1.23 bits per heavy atom.